The van der Waals surface area contributed by atoms with Crippen molar-refractivity contribution in [1.29, 1.82) is 0 Å². The van der Waals surface area contributed by atoms with Crippen molar-refractivity contribution in [2.24, 2.45) is 64.1 Å². The first-order valence-electron chi connectivity index (χ1n) is 12.7. The molecule has 0 heteroatoms. The number of rotatable bonds is 3. The first kappa shape index (κ1) is 20.3. The van der Waals surface area contributed by atoms with Gasteiger partial charge >= 0.3 is 0 Å². The lowest BCUT2D eigenvalue weighted by atomic mass is 9.40. The van der Waals surface area contributed by atoms with Gasteiger partial charge in [0.2, 0.25) is 0 Å². The van der Waals surface area contributed by atoms with Crippen LogP contribution in [0.1, 0.15) is 106 Å². The summed E-state index contributed by atoms with van der Waals surface area (Å²) in [6.45, 7) is 18.3. The van der Waals surface area contributed by atoms with Crippen LogP contribution in [-0.2, 0) is 0 Å². The lowest BCUT2D eigenvalue weighted by molar-refractivity contribution is -0.162. The molecule has 0 saturated heterocycles. The molecule has 6 unspecified atom stereocenters. The first-order valence-corrected chi connectivity index (χ1v) is 12.7. The summed E-state index contributed by atoms with van der Waals surface area (Å²) in [4.78, 5) is 0. The second-order valence-corrected chi connectivity index (χ2v) is 12.5. The summed E-state index contributed by atoms with van der Waals surface area (Å²) in [5, 5.41) is 0. The average Bonchev–Trinajstić information content (AvgIpc) is 2.96. The van der Waals surface area contributed by atoms with E-state index < -0.39 is 0 Å². The Labute approximate surface area is 170 Å². The van der Waals surface area contributed by atoms with Gasteiger partial charge in [-0.2, -0.15) is 0 Å². The standard InChI is InChI=1S/C27H48/c1-8-9-18(3)22-10-11-23-25-19(4)15-21-14-17(2)12-13-26(21,6)24(25)16-20(5)27(22,23)7/h17-25H,8-16H2,1-7H3/t17-,18+,19?,20?,21+,22?,23-,24?,25?,26?,27+/m0/s1. The van der Waals surface area contributed by atoms with Crippen LogP contribution in [0.3, 0.4) is 0 Å². The van der Waals surface area contributed by atoms with Gasteiger partial charge in [-0.3, -0.25) is 0 Å². The van der Waals surface area contributed by atoms with Gasteiger partial charge in [-0.25, -0.2) is 0 Å². The Morgan fingerprint density at radius 1 is 0.926 bits per heavy atom. The van der Waals surface area contributed by atoms with Crippen molar-refractivity contribution >= 4 is 0 Å². The number of fused-ring (bicyclic) bond motifs is 5. The van der Waals surface area contributed by atoms with Crippen molar-refractivity contribution < 1.29 is 0 Å². The molecule has 0 heterocycles. The summed E-state index contributed by atoms with van der Waals surface area (Å²) in [6, 6.07) is 0. The Hall–Kier alpha value is 0. The summed E-state index contributed by atoms with van der Waals surface area (Å²) >= 11 is 0. The second kappa shape index (κ2) is 7.05. The summed E-state index contributed by atoms with van der Waals surface area (Å²) in [5.41, 5.74) is 1.28. The van der Waals surface area contributed by atoms with Crippen LogP contribution < -0.4 is 0 Å². The molecule has 0 bridgehead atoms. The van der Waals surface area contributed by atoms with Crippen LogP contribution in [-0.4, -0.2) is 0 Å². The largest absolute Gasteiger partial charge is 0.0654 e. The maximum absolute atomic E-state index is 2.76. The maximum Gasteiger partial charge on any atom is -0.0238 e. The smallest absolute Gasteiger partial charge is 0.0238 e. The molecule has 11 atom stereocenters. The van der Waals surface area contributed by atoms with Crippen molar-refractivity contribution in [2.75, 3.05) is 0 Å². The summed E-state index contributed by atoms with van der Waals surface area (Å²) in [7, 11) is 0. The highest BCUT2D eigenvalue weighted by atomic mass is 14.7. The van der Waals surface area contributed by atoms with Crippen LogP contribution >= 0.6 is 0 Å². The Morgan fingerprint density at radius 3 is 2.37 bits per heavy atom. The first-order chi connectivity index (χ1) is 12.7. The molecule has 4 saturated carbocycles. The number of hydrogen-bond donors (Lipinski definition) is 0. The molecule has 0 spiro atoms. The van der Waals surface area contributed by atoms with Crippen molar-refractivity contribution in [1.82, 2.24) is 0 Å². The lowest BCUT2D eigenvalue weighted by Gasteiger charge is -2.65. The van der Waals surface area contributed by atoms with E-state index in [2.05, 4.69) is 48.5 Å². The molecule has 0 N–H and O–H groups in total. The third kappa shape index (κ3) is 2.89. The molecule has 4 fully saturated rings. The highest BCUT2D eigenvalue weighted by molar-refractivity contribution is 5.12. The fourth-order valence-corrected chi connectivity index (χ4v) is 9.82. The van der Waals surface area contributed by atoms with E-state index in [1.165, 1.54) is 44.9 Å². The van der Waals surface area contributed by atoms with Crippen LogP contribution in [0, 0.1) is 64.1 Å². The SMILES string of the molecule is CCC[C@@H](C)C1CC[C@H]2C3C(C)C[C@H]4C[C@@H](C)CCC4(C)C3CC(C)[C@]12C. The normalized spacial score (nSPS) is 56.1. The van der Waals surface area contributed by atoms with E-state index in [1.807, 2.05) is 0 Å². The van der Waals surface area contributed by atoms with Gasteiger partial charge in [-0.15, -0.1) is 0 Å². The molecule has 0 aromatic heterocycles. The van der Waals surface area contributed by atoms with Gasteiger partial charge in [0, 0.05) is 0 Å². The van der Waals surface area contributed by atoms with E-state index in [9.17, 15) is 0 Å². The van der Waals surface area contributed by atoms with E-state index in [-0.39, 0.29) is 0 Å². The quantitative estimate of drug-likeness (QED) is 0.468. The number of hydrogen-bond acceptors (Lipinski definition) is 0. The van der Waals surface area contributed by atoms with E-state index in [0.717, 1.165) is 53.3 Å². The molecular weight excluding hydrogens is 324 g/mol. The van der Waals surface area contributed by atoms with Crippen molar-refractivity contribution in [3.63, 3.8) is 0 Å². The minimum atomic E-state index is 0.620. The van der Waals surface area contributed by atoms with Crippen LogP contribution in [0.4, 0.5) is 0 Å². The topological polar surface area (TPSA) is 0 Å². The predicted molar refractivity (Wildman–Crippen MR) is 118 cm³/mol. The third-order valence-electron chi connectivity index (χ3n) is 11.4. The van der Waals surface area contributed by atoms with Gasteiger partial charge in [0.05, 0.1) is 0 Å². The van der Waals surface area contributed by atoms with Crippen LogP contribution in [0.2, 0.25) is 0 Å². The molecule has 4 aliphatic rings. The van der Waals surface area contributed by atoms with Crippen molar-refractivity contribution in [2.45, 2.75) is 106 Å². The summed E-state index contributed by atoms with van der Waals surface area (Å²) in [6.07, 6.45) is 13.5. The minimum absolute atomic E-state index is 0.620. The summed E-state index contributed by atoms with van der Waals surface area (Å²) in [5.74, 6) is 8.88. The Kier molecular flexibility index (Phi) is 5.30. The highest BCUT2D eigenvalue weighted by Gasteiger charge is 2.64. The molecule has 4 aliphatic carbocycles. The van der Waals surface area contributed by atoms with Gasteiger partial charge < -0.3 is 0 Å². The van der Waals surface area contributed by atoms with Crippen LogP contribution in [0.15, 0.2) is 0 Å². The molecule has 156 valence electrons. The van der Waals surface area contributed by atoms with Crippen molar-refractivity contribution in [3.8, 4) is 0 Å². The van der Waals surface area contributed by atoms with Crippen LogP contribution in [0.25, 0.3) is 0 Å². The van der Waals surface area contributed by atoms with Gasteiger partial charge in [-0.05, 0) is 103 Å². The van der Waals surface area contributed by atoms with E-state index in [4.69, 9.17) is 0 Å². The minimum Gasteiger partial charge on any atom is -0.0654 e. The van der Waals surface area contributed by atoms with Crippen LogP contribution in [0.5, 0.6) is 0 Å². The Bertz CT molecular complexity index is 536. The van der Waals surface area contributed by atoms with Gasteiger partial charge in [-0.1, -0.05) is 67.7 Å². The van der Waals surface area contributed by atoms with E-state index in [0.29, 0.717) is 10.8 Å². The third-order valence-corrected chi connectivity index (χ3v) is 11.4. The molecule has 0 aliphatic heterocycles. The predicted octanol–water partition coefficient (Wildman–Crippen LogP) is 8.21. The zero-order valence-corrected chi connectivity index (χ0v) is 19.6. The van der Waals surface area contributed by atoms with Crippen molar-refractivity contribution in [3.05, 3.63) is 0 Å². The van der Waals surface area contributed by atoms with Gasteiger partial charge in [0.1, 0.15) is 0 Å². The molecule has 4 rings (SSSR count). The fraction of sp³-hybridized carbons (Fsp3) is 1.00. The molecule has 0 radical (unpaired) electrons. The van der Waals surface area contributed by atoms with Gasteiger partial charge in [0.15, 0.2) is 0 Å². The second-order valence-electron chi connectivity index (χ2n) is 12.5. The zero-order valence-electron chi connectivity index (χ0n) is 19.6. The molecule has 0 aromatic carbocycles. The molecule has 0 nitrogen and oxygen atoms in total. The average molecular weight is 373 g/mol. The molecule has 0 aromatic rings. The Morgan fingerprint density at radius 2 is 1.67 bits per heavy atom. The maximum atomic E-state index is 2.76. The Balaban J connectivity index is 1.66. The highest BCUT2D eigenvalue weighted by Crippen LogP contribution is 2.71. The molecule has 0 amide bonds. The zero-order chi connectivity index (χ0) is 19.6. The van der Waals surface area contributed by atoms with E-state index >= 15 is 0 Å². The molecular formula is C27H48. The van der Waals surface area contributed by atoms with E-state index in [1.54, 1.807) is 12.8 Å². The lowest BCUT2D eigenvalue weighted by Crippen LogP contribution is -2.58. The van der Waals surface area contributed by atoms with Gasteiger partial charge in [0.25, 0.3) is 0 Å². The monoisotopic (exact) mass is 372 g/mol. The summed E-state index contributed by atoms with van der Waals surface area (Å²) < 4.78 is 0. The molecule has 27 heavy (non-hydrogen) atoms. The fourth-order valence-electron chi connectivity index (χ4n) is 9.82.